The number of hydrogen-bond acceptors (Lipinski definition) is 7. The van der Waals surface area contributed by atoms with Gasteiger partial charge in [0.2, 0.25) is 5.91 Å². The van der Waals surface area contributed by atoms with Gasteiger partial charge in [-0.05, 0) is 55.5 Å². The average Bonchev–Trinajstić information content (AvgIpc) is 3.39. The Morgan fingerprint density at radius 3 is 2.60 bits per heavy atom. The lowest BCUT2D eigenvalue weighted by Crippen LogP contribution is -2.42. The minimum Gasteiger partial charge on any atom is -0.481 e. The molecule has 2 fully saturated rings. The van der Waals surface area contributed by atoms with E-state index in [1.54, 1.807) is 7.11 Å². The molecule has 2 heterocycles. The molecule has 2 aliphatic heterocycles. The summed E-state index contributed by atoms with van der Waals surface area (Å²) in [5.74, 6) is -0.911. The first kappa shape index (κ1) is 30.1. The molecule has 3 N–H and O–H groups in total. The van der Waals surface area contributed by atoms with Gasteiger partial charge in [0.1, 0.15) is 0 Å². The van der Waals surface area contributed by atoms with Crippen LogP contribution in [0.2, 0.25) is 0 Å². The van der Waals surface area contributed by atoms with Crippen LogP contribution in [0.1, 0.15) is 80.5 Å². The fraction of sp³-hybridized carbons (Fsp3) is 0.548. The molecule has 0 aliphatic carbocycles. The Hall–Kier alpha value is -2.82. The number of aliphatic carboxylic acids is 1. The lowest BCUT2D eigenvalue weighted by molar-refractivity contribution is -0.253. The van der Waals surface area contributed by atoms with Crippen molar-refractivity contribution in [3.8, 4) is 0 Å². The number of amides is 1. The predicted molar refractivity (Wildman–Crippen MR) is 151 cm³/mol. The number of carboxylic acid groups (broad SMARTS) is 1. The van der Waals surface area contributed by atoms with Crippen LogP contribution in [0.4, 0.5) is 5.69 Å². The summed E-state index contributed by atoms with van der Waals surface area (Å²) >= 11 is 0. The van der Waals surface area contributed by atoms with Crippen molar-refractivity contribution in [2.24, 2.45) is 0 Å². The van der Waals surface area contributed by atoms with Gasteiger partial charge in [0.05, 0.1) is 25.4 Å². The molecular formula is C31H42N2O7. The number of hydrogen-bond donors (Lipinski definition) is 3. The number of rotatable bonds is 14. The van der Waals surface area contributed by atoms with E-state index in [-0.39, 0.29) is 31.1 Å². The van der Waals surface area contributed by atoms with Crippen molar-refractivity contribution in [2.75, 3.05) is 32.1 Å². The van der Waals surface area contributed by atoms with E-state index >= 15 is 0 Å². The summed E-state index contributed by atoms with van der Waals surface area (Å²) in [5, 5.41) is 21.2. The summed E-state index contributed by atoms with van der Waals surface area (Å²) in [6.07, 6.45) is 4.54. The van der Waals surface area contributed by atoms with Gasteiger partial charge in [-0.3, -0.25) is 14.5 Å². The van der Waals surface area contributed by atoms with Gasteiger partial charge in [-0.1, -0.05) is 42.8 Å². The number of methoxy groups -OCH3 is 1. The Balaban J connectivity index is 1.44. The number of nitrogens with one attached hydrogen (secondary N) is 1. The molecule has 4 atom stereocenters. The Morgan fingerprint density at radius 1 is 1.05 bits per heavy atom. The highest BCUT2D eigenvalue weighted by molar-refractivity contribution is 5.90. The van der Waals surface area contributed by atoms with Crippen LogP contribution in [-0.2, 0) is 30.4 Å². The first-order chi connectivity index (χ1) is 19.4. The molecule has 0 aromatic heterocycles. The second-order valence-electron chi connectivity index (χ2n) is 10.7. The largest absolute Gasteiger partial charge is 0.481 e. The summed E-state index contributed by atoms with van der Waals surface area (Å²) in [6.45, 7) is 2.52. The topological polar surface area (TPSA) is 118 Å². The lowest BCUT2D eigenvalue weighted by atomic mass is 9.99. The van der Waals surface area contributed by atoms with Gasteiger partial charge in [-0.25, -0.2) is 0 Å². The zero-order valence-electron chi connectivity index (χ0n) is 23.3. The number of aliphatic hydroxyl groups excluding tert-OH is 1. The molecule has 9 heteroatoms. The summed E-state index contributed by atoms with van der Waals surface area (Å²) in [4.78, 5) is 25.6. The van der Waals surface area contributed by atoms with Crippen molar-refractivity contribution >= 4 is 17.6 Å². The quantitative estimate of drug-likeness (QED) is 0.285. The van der Waals surface area contributed by atoms with E-state index in [0.717, 1.165) is 42.6 Å². The molecular weight excluding hydrogens is 512 g/mol. The minimum absolute atomic E-state index is 0.00312. The number of unbranched alkanes of at least 4 members (excludes halogenated alkanes) is 2. The molecule has 9 nitrogen and oxygen atoms in total. The van der Waals surface area contributed by atoms with Gasteiger partial charge in [0.25, 0.3) is 0 Å². The fourth-order valence-corrected chi connectivity index (χ4v) is 5.54. The van der Waals surface area contributed by atoms with E-state index in [1.165, 1.54) is 0 Å². The summed E-state index contributed by atoms with van der Waals surface area (Å²) < 4.78 is 18.5. The van der Waals surface area contributed by atoms with Crippen molar-refractivity contribution in [1.82, 2.24) is 4.90 Å². The maximum atomic E-state index is 12.5. The number of likely N-dealkylation sites (tertiary alicyclic amines) is 1. The molecule has 0 bridgehead atoms. The number of carboxylic acids is 1. The van der Waals surface area contributed by atoms with Gasteiger partial charge in [0.15, 0.2) is 6.29 Å². The standard InChI is InChI=1S/C31H42N2O7/c1-38-21-26-9-6-16-33(26)19-27-18-28(23-14-12-22(20-34)13-15-23)40-31(39-27)24-7-5-8-25(17-24)32-29(35)10-3-2-4-11-30(36)37/h5,7-8,12-15,17,26-28,31,34H,2-4,6,9-11,16,18-21H2,1H3,(H,32,35)(H,36,37). The highest BCUT2D eigenvalue weighted by Crippen LogP contribution is 2.39. The predicted octanol–water partition coefficient (Wildman–Crippen LogP) is 4.81. The maximum absolute atomic E-state index is 12.5. The Morgan fingerprint density at radius 2 is 1.85 bits per heavy atom. The first-order valence-electron chi connectivity index (χ1n) is 14.3. The van der Waals surface area contributed by atoms with Crippen molar-refractivity contribution in [3.05, 3.63) is 65.2 Å². The molecule has 0 spiro atoms. The average molecular weight is 555 g/mol. The second kappa shape index (κ2) is 15.3. The molecule has 0 radical (unpaired) electrons. The molecule has 4 unspecified atom stereocenters. The molecule has 218 valence electrons. The Bertz CT molecular complexity index is 1090. The number of anilines is 1. The zero-order chi connectivity index (χ0) is 28.3. The van der Waals surface area contributed by atoms with E-state index in [9.17, 15) is 14.7 Å². The van der Waals surface area contributed by atoms with Crippen molar-refractivity contribution in [1.29, 1.82) is 0 Å². The molecule has 40 heavy (non-hydrogen) atoms. The molecule has 2 aromatic carbocycles. The number of nitrogens with zero attached hydrogens (tertiary/aromatic N) is 1. The van der Waals surface area contributed by atoms with E-state index < -0.39 is 12.3 Å². The van der Waals surface area contributed by atoms with Crippen molar-refractivity contribution in [3.63, 3.8) is 0 Å². The molecule has 4 rings (SSSR count). The number of aliphatic hydroxyl groups is 1. The van der Waals surface area contributed by atoms with Crippen LogP contribution < -0.4 is 5.32 Å². The fourth-order valence-electron chi connectivity index (χ4n) is 5.54. The van der Waals surface area contributed by atoms with E-state index in [0.29, 0.717) is 50.4 Å². The van der Waals surface area contributed by atoms with E-state index in [2.05, 4.69) is 10.2 Å². The van der Waals surface area contributed by atoms with Gasteiger partial charge in [0, 0.05) is 50.2 Å². The molecule has 0 saturated carbocycles. The monoisotopic (exact) mass is 554 g/mol. The minimum atomic E-state index is -0.810. The molecule has 2 aromatic rings. The number of benzene rings is 2. The lowest BCUT2D eigenvalue weighted by Gasteiger charge is -2.39. The van der Waals surface area contributed by atoms with Crippen LogP contribution in [0, 0.1) is 0 Å². The van der Waals surface area contributed by atoms with Crippen molar-refractivity contribution in [2.45, 2.75) is 82.5 Å². The second-order valence-corrected chi connectivity index (χ2v) is 10.7. The zero-order valence-corrected chi connectivity index (χ0v) is 23.3. The molecule has 2 aliphatic rings. The van der Waals surface area contributed by atoms with Crippen molar-refractivity contribution < 1.29 is 34.0 Å². The van der Waals surface area contributed by atoms with Gasteiger partial charge >= 0.3 is 5.97 Å². The van der Waals surface area contributed by atoms with Gasteiger partial charge in [-0.15, -0.1) is 0 Å². The van der Waals surface area contributed by atoms with Crippen LogP contribution in [-0.4, -0.2) is 65.9 Å². The SMILES string of the molecule is COCC1CCCN1CC1CC(c2ccc(CO)cc2)OC(c2cccc(NC(=O)CCCCCC(=O)O)c2)O1. The Labute approximate surface area is 236 Å². The summed E-state index contributed by atoms with van der Waals surface area (Å²) in [5.41, 5.74) is 3.40. The van der Waals surface area contributed by atoms with Gasteiger partial charge in [-0.2, -0.15) is 0 Å². The van der Waals surface area contributed by atoms with Crippen LogP contribution >= 0.6 is 0 Å². The normalized spacial score (nSPS) is 23.2. The van der Waals surface area contributed by atoms with E-state index in [4.69, 9.17) is 19.3 Å². The highest BCUT2D eigenvalue weighted by Gasteiger charge is 2.35. The third-order valence-electron chi connectivity index (χ3n) is 7.65. The molecule has 2 saturated heterocycles. The van der Waals surface area contributed by atoms with Gasteiger partial charge < -0.3 is 29.7 Å². The molecule has 1 amide bonds. The summed E-state index contributed by atoms with van der Waals surface area (Å²) in [7, 11) is 1.74. The van der Waals surface area contributed by atoms with Crippen LogP contribution in [0.15, 0.2) is 48.5 Å². The summed E-state index contributed by atoms with van der Waals surface area (Å²) in [6, 6.07) is 15.8. The number of ether oxygens (including phenoxy) is 3. The smallest absolute Gasteiger partial charge is 0.303 e. The highest BCUT2D eigenvalue weighted by atomic mass is 16.7. The first-order valence-corrected chi connectivity index (χ1v) is 14.3. The third-order valence-corrected chi connectivity index (χ3v) is 7.65. The van der Waals surface area contributed by atoms with Crippen LogP contribution in [0.25, 0.3) is 0 Å². The number of carbonyl (C=O) groups excluding carboxylic acids is 1. The third kappa shape index (κ3) is 8.84. The van der Waals surface area contributed by atoms with E-state index in [1.807, 2.05) is 48.5 Å². The van der Waals surface area contributed by atoms with Crippen LogP contribution in [0.5, 0.6) is 0 Å². The Kier molecular flexibility index (Phi) is 11.5. The maximum Gasteiger partial charge on any atom is 0.303 e. The number of carbonyl (C=O) groups is 2. The van der Waals surface area contributed by atoms with Crippen LogP contribution in [0.3, 0.4) is 0 Å².